The zero-order valence-corrected chi connectivity index (χ0v) is 9.17. The lowest BCUT2D eigenvalue weighted by Gasteiger charge is -2.09. The Kier molecular flexibility index (Phi) is 5.20. The van der Waals surface area contributed by atoms with Crippen LogP contribution in [0.15, 0.2) is 36.1 Å². The topological polar surface area (TPSA) is 26.0 Å². The van der Waals surface area contributed by atoms with Crippen LogP contribution in [0.4, 0.5) is 0 Å². The monoisotopic (exact) mass is 179 g/mol. The fourth-order valence-corrected chi connectivity index (χ4v) is 1.05. The second kappa shape index (κ2) is 5.63. The Morgan fingerprint density at radius 3 is 2.08 bits per heavy atom. The average Bonchev–Trinajstić information content (AvgIpc) is 1.95. The first-order chi connectivity index (χ1) is 5.95. The Morgan fingerprint density at radius 1 is 1.23 bits per heavy atom. The molecule has 0 amide bonds. The molecule has 2 N–H and O–H groups in total. The van der Waals surface area contributed by atoms with Crippen molar-refractivity contribution in [1.29, 1.82) is 0 Å². The van der Waals surface area contributed by atoms with Crippen LogP contribution in [0.25, 0.3) is 0 Å². The van der Waals surface area contributed by atoms with E-state index >= 15 is 0 Å². The van der Waals surface area contributed by atoms with E-state index in [9.17, 15) is 0 Å². The van der Waals surface area contributed by atoms with Gasteiger partial charge in [-0.1, -0.05) is 52.5 Å². The lowest BCUT2D eigenvalue weighted by molar-refractivity contribution is 0.774. The van der Waals surface area contributed by atoms with Crippen LogP contribution in [0.1, 0.15) is 27.7 Å². The molecule has 0 saturated carbocycles. The summed E-state index contributed by atoms with van der Waals surface area (Å²) in [6.07, 6.45) is 6.25. The minimum Gasteiger partial charge on any atom is -0.399 e. The first kappa shape index (κ1) is 12.0. The van der Waals surface area contributed by atoms with Crippen molar-refractivity contribution in [2.45, 2.75) is 27.7 Å². The Labute approximate surface area is 82.0 Å². The van der Waals surface area contributed by atoms with E-state index in [-0.39, 0.29) is 0 Å². The van der Waals surface area contributed by atoms with Crippen LogP contribution in [0.5, 0.6) is 0 Å². The maximum atomic E-state index is 5.66. The van der Waals surface area contributed by atoms with E-state index in [2.05, 4.69) is 46.4 Å². The van der Waals surface area contributed by atoms with Gasteiger partial charge in [0.1, 0.15) is 0 Å². The first-order valence-electron chi connectivity index (χ1n) is 4.78. The van der Waals surface area contributed by atoms with Gasteiger partial charge < -0.3 is 5.73 Å². The summed E-state index contributed by atoms with van der Waals surface area (Å²) in [7, 11) is 0. The van der Waals surface area contributed by atoms with Crippen LogP contribution in [0, 0.1) is 11.8 Å². The Balaban J connectivity index is 4.47. The standard InChI is InChI=1S/C12H21N/c1-9(2)7-6-8-12(10(3)4)11(5)13/h6-10H,5,13H2,1-4H3/b7-6?,12-8-. The summed E-state index contributed by atoms with van der Waals surface area (Å²) in [5, 5.41) is 0. The number of nitrogens with two attached hydrogens (primary N) is 1. The normalized spacial score (nSPS) is 13.2. The summed E-state index contributed by atoms with van der Waals surface area (Å²) in [5.41, 5.74) is 7.45. The van der Waals surface area contributed by atoms with Crippen molar-refractivity contribution >= 4 is 0 Å². The Morgan fingerprint density at radius 2 is 1.77 bits per heavy atom. The van der Waals surface area contributed by atoms with Gasteiger partial charge in [-0.3, -0.25) is 0 Å². The van der Waals surface area contributed by atoms with E-state index in [1.807, 2.05) is 6.08 Å². The second-order valence-corrected chi connectivity index (χ2v) is 3.93. The zero-order chi connectivity index (χ0) is 10.4. The second-order valence-electron chi connectivity index (χ2n) is 3.93. The number of rotatable bonds is 4. The van der Waals surface area contributed by atoms with Crippen LogP contribution in [0.3, 0.4) is 0 Å². The molecule has 0 bridgehead atoms. The van der Waals surface area contributed by atoms with Crippen LogP contribution >= 0.6 is 0 Å². The fraction of sp³-hybridized carbons (Fsp3) is 0.500. The molecule has 0 aliphatic heterocycles. The molecule has 74 valence electrons. The summed E-state index contributed by atoms with van der Waals surface area (Å²) in [4.78, 5) is 0. The minimum absolute atomic E-state index is 0.439. The summed E-state index contributed by atoms with van der Waals surface area (Å²) in [5.74, 6) is 1.02. The van der Waals surface area contributed by atoms with Gasteiger partial charge in [0.05, 0.1) is 0 Å². The van der Waals surface area contributed by atoms with Crippen molar-refractivity contribution in [1.82, 2.24) is 0 Å². The van der Waals surface area contributed by atoms with Gasteiger partial charge in [-0.2, -0.15) is 0 Å². The predicted molar refractivity (Wildman–Crippen MR) is 60.2 cm³/mol. The molecular weight excluding hydrogens is 158 g/mol. The fourth-order valence-electron chi connectivity index (χ4n) is 1.05. The average molecular weight is 179 g/mol. The van der Waals surface area contributed by atoms with Gasteiger partial charge in [0, 0.05) is 5.70 Å². The third-order valence-corrected chi connectivity index (χ3v) is 1.76. The Bertz CT molecular complexity index is 219. The lowest BCUT2D eigenvalue weighted by atomic mass is 10.0. The maximum Gasteiger partial charge on any atom is 0.0276 e. The molecule has 0 saturated heterocycles. The molecule has 0 aliphatic carbocycles. The van der Waals surface area contributed by atoms with E-state index in [1.165, 1.54) is 0 Å². The first-order valence-corrected chi connectivity index (χ1v) is 4.78. The van der Waals surface area contributed by atoms with Crippen molar-refractivity contribution in [3.05, 3.63) is 36.1 Å². The summed E-state index contributed by atoms with van der Waals surface area (Å²) < 4.78 is 0. The lowest BCUT2D eigenvalue weighted by Crippen LogP contribution is -2.04. The van der Waals surface area contributed by atoms with Crippen molar-refractivity contribution in [2.24, 2.45) is 17.6 Å². The van der Waals surface area contributed by atoms with E-state index < -0.39 is 0 Å². The maximum absolute atomic E-state index is 5.66. The molecule has 0 rings (SSSR count). The zero-order valence-electron chi connectivity index (χ0n) is 9.17. The molecular formula is C12H21N. The van der Waals surface area contributed by atoms with Crippen LogP contribution in [-0.4, -0.2) is 0 Å². The largest absolute Gasteiger partial charge is 0.399 e. The molecule has 0 atom stereocenters. The SMILES string of the molecule is C=C(N)/C(=C\C=CC(C)C)C(C)C. The highest BCUT2D eigenvalue weighted by Gasteiger charge is 2.02. The van der Waals surface area contributed by atoms with Crippen LogP contribution in [0.2, 0.25) is 0 Å². The Hall–Kier alpha value is -0.980. The molecule has 0 radical (unpaired) electrons. The highest BCUT2D eigenvalue weighted by molar-refractivity contribution is 5.30. The van der Waals surface area contributed by atoms with Gasteiger partial charge in [0.15, 0.2) is 0 Å². The van der Waals surface area contributed by atoms with Crippen molar-refractivity contribution < 1.29 is 0 Å². The van der Waals surface area contributed by atoms with Gasteiger partial charge in [0.2, 0.25) is 0 Å². The number of allylic oxidation sites excluding steroid dienone is 4. The van der Waals surface area contributed by atoms with Crippen LogP contribution in [-0.2, 0) is 0 Å². The van der Waals surface area contributed by atoms with Crippen molar-refractivity contribution in [2.75, 3.05) is 0 Å². The molecule has 0 aromatic heterocycles. The molecule has 0 unspecified atom stereocenters. The minimum atomic E-state index is 0.439. The van der Waals surface area contributed by atoms with Crippen molar-refractivity contribution in [3.8, 4) is 0 Å². The van der Waals surface area contributed by atoms with E-state index in [1.54, 1.807) is 0 Å². The van der Waals surface area contributed by atoms with Gasteiger partial charge in [-0.15, -0.1) is 0 Å². The van der Waals surface area contributed by atoms with E-state index in [0.717, 1.165) is 5.57 Å². The number of hydrogen-bond donors (Lipinski definition) is 1. The summed E-state index contributed by atoms with van der Waals surface area (Å²) in [6, 6.07) is 0. The molecule has 1 heteroatoms. The highest BCUT2D eigenvalue weighted by atomic mass is 14.6. The third-order valence-electron chi connectivity index (χ3n) is 1.76. The molecule has 0 aliphatic rings. The highest BCUT2D eigenvalue weighted by Crippen LogP contribution is 2.14. The van der Waals surface area contributed by atoms with E-state index in [0.29, 0.717) is 17.5 Å². The molecule has 13 heavy (non-hydrogen) atoms. The van der Waals surface area contributed by atoms with Crippen molar-refractivity contribution in [3.63, 3.8) is 0 Å². The predicted octanol–water partition coefficient (Wildman–Crippen LogP) is 3.25. The quantitative estimate of drug-likeness (QED) is 0.659. The van der Waals surface area contributed by atoms with Gasteiger partial charge in [-0.05, 0) is 17.4 Å². The van der Waals surface area contributed by atoms with E-state index in [4.69, 9.17) is 5.73 Å². The summed E-state index contributed by atoms with van der Waals surface area (Å²) >= 11 is 0. The summed E-state index contributed by atoms with van der Waals surface area (Å²) in [6.45, 7) is 12.3. The molecule has 0 spiro atoms. The molecule has 1 nitrogen and oxygen atoms in total. The molecule has 0 heterocycles. The van der Waals surface area contributed by atoms with Gasteiger partial charge in [-0.25, -0.2) is 0 Å². The van der Waals surface area contributed by atoms with Crippen LogP contribution < -0.4 is 5.73 Å². The smallest absolute Gasteiger partial charge is 0.0276 e. The third kappa shape index (κ3) is 5.29. The van der Waals surface area contributed by atoms with Gasteiger partial charge in [0.25, 0.3) is 0 Å². The number of hydrogen-bond acceptors (Lipinski definition) is 1. The molecule has 0 aromatic carbocycles. The molecule has 0 fully saturated rings. The molecule has 0 aromatic rings. The van der Waals surface area contributed by atoms with Gasteiger partial charge >= 0.3 is 0 Å².